The SMILES string of the molecule is O=C(Nc1ccccc1Sc1nncs1)C1CC(c2ccc(Cl)s2)=NO1. The summed E-state index contributed by atoms with van der Waals surface area (Å²) in [5.74, 6) is -0.239. The maximum Gasteiger partial charge on any atom is 0.268 e. The van der Waals surface area contributed by atoms with E-state index >= 15 is 0 Å². The highest BCUT2D eigenvalue weighted by molar-refractivity contribution is 8.01. The zero-order valence-corrected chi connectivity index (χ0v) is 16.3. The van der Waals surface area contributed by atoms with Crippen LogP contribution in [0.5, 0.6) is 0 Å². The molecule has 26 heavy (non-hydrogen) atoms. The van der Waals surface area contributed by atoms with Crippen LogP contribution < -0.4 is 5.32 Å². The number of carbonyl (C=O) groups is 1. The molecule has 0 spiro atoms. The van der Waals surface area contributed by atoms with Gasteiger partial charge >= 0.3 is 0 Å². The summed E-state index contributed by atoms with van der Waals surface area (Å²) in [6.45, 7) is 0. The molecule has 0 saturated heterocycles. The Labute approximate surface area is 166 Å². The minimum absolute atomic E-state index is 0.239. The van der Waals surface area contributed by atoms with Gasteiger partial charge in [0.1, 0.15) is 11.2 Å². The minimum Gasteiger partial charge on any atom is -0.382 e. The molecule has 0 fully saturated rings. The number of hydrogen-bond acceptors (Lipinski definition) is 8. The van der Waals surface area contributed by atoms with Crippen molar-refractivity contribution in [3.8, 4) is 0 Å². The van der Waals surface area contributed by atoms with Crippen molar-refractivity contribution in [2.24, 2.45) is 5.16 Å². The lowest BCUT2D eigenvalue weighted by atomic mass is 10.1. The van der Waals surface area contributed by atoms with Gasteiger partial charge in [-0.3, -0.25) is 4.79 Å². The van der Waals surface area contributed by atoms with Crippen LogP contribution >= 0.6 is 46.0 Å². The van der Waals surface area contributed by atoms with Crippen LogP contribution in [-0.2, 0) is 9.63 Å². The fourth-order valence-electron chi connectivity index (χ4n) is 2.31. The first-order valence-corrected chi connectivity index (χ1v) is 10.4. The summed E-state index contributed by atoms with van der Waals surface area (Å²) in [6.07, 6.45) is -0.251. The molecule has 10 heteroatoms. The van der Waals surface area contributed by atoms with Crippen molar-refractivity contribution < 1.29 is 9.63 Å². The topological polar surface area (TPSA) is 76.5 Å². The average molecular weight is 423 g/mol. The Balaban J connectivity index is 1.43. The number of para-hydroxylation sites is 1. The van der Waals surface area contributed by atoms with Gasteiger partial charge in [0, 0.05) is 11.3 Å². The molecule has 1 aliphatic heterocycles. The summed E-state index contributed by atoms with van der Waals surface area (Å²) in [5.41, 5.74) is 3.11. The maximum absolute atomic E-state index is 12.6. The first-order valence-electron chi connectivity index (χ1n) is 7.51. The van der Waals surface area contributed by atoms with Crippen LogP contribution in [0.15, 0.2) is 56.3 Å². The molecule has 0 saturated carbocycles. The summed E-state index contributed by atoms with van der Waals surface area (Å²) in [4.78, 5) is 19.7. The number of amides is 1. The van der Waals surface area contributed by atoms with E-state index in [1.165, 1.54) is 34.4 Å². The summed E-state index contributed by atoms with van der Waals surface area (Å²) in [5, 5.41) is 14.8. The molecule has 1 amide bonds. The highest BCUT2D eigenvalue weighted by atomic mass is 35.5. The zero-order valence-electron chi connectivity index (χ0n) is 13.1. The molecule has 2 aromatic heterocycles. The molecule has 132 valence electrons. The van der Waals surface area contributed by atoms with Crippen molar-refractivity contribution in [2.75, 3.05) is 5.32 Å². The van der Waals surface area contributed by atoms with Crippen LogP contribution in [0.1, 0.15) is 11.3 Å². The van der Waals surface area contributed by atoms with E-state index < -0.39 is 6.10 Å². The van der Waals surface area contributed by atoms with Crippen molar-refractivity contribution >= 4 is 63.3 Å². The summed E-state index contributed by atoms with van der Waals surface area (Å²) >= 11 is 10.3. The first kappa shape index (κ1) is 17.5. The molecular formula is C16H11ClN4O2S3. The van der Waals surface area contributed by atoms with Gasteiger partial charge in [0.15, 0.2) is 4.34 Å². The lowest BCUT2D eigenvalue weighted by Crippen LogP contribution is -2.28. The molecule has 0 aliphatic carbocycles. The van der Waals surface area contributed by atoms with E-state index in [-0.39, 0.29) is 5.91 Å². The molecule has 3 aromatic rings. The third-order valence-corrected chi connectivity index (χ3v) is 6.64. The molecule has 0 radical (unpaired) electrons. The molecule has 6 nitrogen and oxygen atoms in total. The molecule has 0 bridgehead atoms. The van der Waals surface area contributed by atoms with E-state index in [4.69, 9.17) is 16.4 Å². The number of hydrogen-bond donors (Lipinski definition) is 1. The quantitative estimate of drug-likeness (QED) is 0.653. The average Bonchev–Trinajstić information content (AvgIpc) is 3.37. The minimum atomic E-state index is -0.662. The first-order chi connectivity index (χ1) is 12.7. The third-order valence-electron chi connectivity index (χ3n) is 3.50. The summed E-state index contributed by atoms with van der Waals surface area (Å²) in [7, 11) is 0. The number of carbonyl (C=O) groups excluding carboxylic acids is 1. The number of halogens is 1. The molecule has 4 rings (SSSR count). The Morgan fingerprint density at radius 3 is 2.96 bits per heavy atom. The molecule has 1 atom stereocenters. The molecule has 1 N–H and O–H groups in total. The highest BCUT2D eigenvalue weighted by Crippen LogP contribution is 2.34. The predicted molar refractivity (Wildman–Crippen MR) is 104 cm³/mol. The van der Waals surface area contributed by atoms with Crippen LogP contribution in [0.25, 0.3) is 0 Å². The van der Waals surface area contributed by atoms with E-state index in [1.807, 2.05) is 30.3 Å². The number of benzene rings is 1. The van der Waals surface area contributed by atoms with Crippen molar-refractivity contribution in [1.29, 1.82) is 0 Å². The summed E-state index contributed by atoms with van der Waals surface area (Å²) < 4.78 is 1.49. The summed E-state index contributed by atoms with van der Waals surface area (Å²) in [6, 6.07) is 11.2. The molecule has 3 heterocycles. The van der Waals surface area contributed by atoms with Gasteiger partial charge in [-0.2, -0.15) is 0 Å². The number of anilines is 1. The maximum atomic E-state index is 12.6. The number of rotatable bonds is 5. The molecule has 1 aromatic carbocycles. The Morgan fingerprint density at radius 1 is 1.31 bits per heavy atom. The van der Waals surface area contributed by atoms with Crippen molar-refractivity contribution in [1.82, 2.24) is 10.2 Å². The van der Waals surface area contributed by atoms with Crippen LogP contribution in [0.4, 0.5) is 5.69 Å². The van der Waals surface area contributed by atoms with Crippen LogP contribution in [0.3, 0.4) is 0 Å². The van der Waals surface area contributed by atoms with Crippen LogP contribution in [0, 0.1) is 0 Å². The Morgan fingerprint density at radius 2 is 2.19 bits per heavy atom. The van der Waals surface area contributed by atoms with Gasteiger partial charge in [0.05, 0.1) is 14.9 Å². The van der Waals surface area contributed by atoms with Gasteiger partial charge in [0.25, 0.3) is 5.91 Å². The Bertz CT molecular complexity index is 958. The van der Waals surface area contributed by atoms with Gasteiger partial charge in [0.2, 0.25) is 6.10 Å². The van der Waals surface area contributed by atoms with Gasteiger partial charge in [-0.05, 0) is 24.3 Å². The second-order valence-corrected chi connectivity index (χ2v) is 9.07. The predicted octanol–water partition coefficient (Wildman–Crippen LogP) is 4.54. The molecule has 1 unspecified atom stereocenters. The van der Waals surface area contributed by atoms with Crippen LogP contribution in [0.2, 0.25) is 4.34 Å². The van der Waals surface area contributed by atoms with Crippen molar-refractivity contribution in [2.45, 2.75) is 21.8 Å². The standard InChI is InChI=1S/C16H11ClN4O2S3/c17-14-6-5-13(25-14)10-7-11(23-21-10)15(22)19-9-3-1-2-4-12(9)26-16-20-18-8-24-16/h1-6,8,11H,7H2,(H,19,22). The van der Waals surface area contributed by atoms with E-state index in [0.717, 1.165) is 19.8 Å². The van der Waals surface area contributed by atoms with Gasteiger partial charge in [-0.1, -0.05) is 52.0 Å². The van der Waals surface area contributed by atoms with Crippen molar-refractivity contribution in [3.63, 3.8) is 0 Å². The zero-order chi connectivity index (χ0) is 17.9. The number of aromatic nitrogens is 2. The highest BCUT2D eigenvalue weighted by Gasteiger charge is 2.30. The smallest absolute Gasteiger partial charge is 0.268 e. The fourth-order valence-corrected chi connectivity index (χ4v) is 4.86. The van der Waals surface area contributed by atoms with Gasteiger partial charge in [-0.15, -0.1) is 21.5 Å². The van der Waals surface area contributed by atoms with E-state index in [0.29, 0.717) is 16.4 Å². The Hall–Kier alpha value is -1.94. The Kier molecular flexibility index (Phi) is 5.21. The third kappa shape index (κ3) is 3.90. The van der Waals surface area contributed by atoms with Crippen LogP contribution in [-0.4, -0.2) is 27.9 Å². The van der Waals surface area contributed by atoms with E-state index in [9.17, 15) is 4.79 Å². The van der Waals surface area contributed by atoms with Gasteiger partial charge in [-0.25, -0.2) is 0 Å². The number of oxime groups is 1. The largest absolute Gasteiger partial charge is 0.382 e. The number of thiophene rings is 1. The second kappa shape index (κ2) is 7.75. The normalized spacial score (nSPS) is 16.2. The van der Waals surface area contributed by atoms with Crippen molar-refractivity contribution in [3.05, 3.63) is 51.1 Å². The van der Waals surface area contributed by atoms with E-state index in [1.54, 1.807) is 11.6 Å². The fraction of sp³-hybridized carbons (Fsp3) is 0.125. The molecule has 1 aliphatic rings. The molecular weight excluding hydrogens is 412 g/mol. The lowest BCUT2D eigenvalue weighted by Gasteiger charge is -2.12. The second-order valence-electron chi connectivity index (χ2n) is 5.23. The number of nitrogens with zero attached hydrogens (tertiary/aromatic N) is 3. The number of nitrogens with one attached hydrogen (secondary N) is 1. The monoisotopic (exact) mass is 422 g/mol. The van der Waals surface area contributed by atoms with E-state index in [2.05, 4.69) is 20.7 Å². The van der Waals surface area contributed by atoms with Gasteiger partial charge < -0.3 is 10.2 Å². The lowest BCUT2D eigenvalue weighted by molar-refractivity contribution is -0.125.